The number of ether oxygens (including phenoxy) is 2. The number of rotatable bonds is 6. The molecule has 0 amide bonds. The molecule has 5 nitrogen and oxygen atoms in total. The number of carbonyl (C=O) groups excluding carboxylic acids is 1. The van der Waals surface area contributed by atoms with E-state index in [1.54, 1.807) is 0 Å². The lowest BCUT2D eigenvalue weighted by Crippen LogP contribution is -2.29. The van der Waals surface area contributed by atoms with Crippen molar-refractivity contribution >= 4 is 16.9 Å². The SMILES string of the molecule is CCCOC(=O)[C@@H](CC)Oc1ccc2c3c(c(=O)oc2c1C)CCC3. The Labute approximate surface area is 146 Å². The highest BCUT2D eigenvalue weighted by atomic mass is 16.6. The molecule has 0 aliphatic heterocycles. The number of hydrogen-bond acceptors (Lipinski definition) is 5. The highest BCUT2D eigenvalue weighted by Gasteiger charge is 2.24. The van der Waals surface area contributed by atoms with E-state index in [4.69, 9.17) is 13.9 Å². The number of benzene rings is 1. The summed E-state index contributed by atoms with van der Waals surface area (Å²) in [5.41, 5.74) is 2.94. The van der Waals surface area contributed by atoms with Crippen LogP contribution >= 0.6 is 0 Å². The zero-order valence-corrected chi connectivity index (χ0v) is 15.0. The lowest BCUT2D eigenvalue weighted by Gasteiger charge is -2.18. The molecule has 0 bridgehead atoms. The minimum Gasteiger partial charge on any atom is -0.478 e. The molecule has 0 unspecified atom stereocenters. The first-order valence-electron chi connectivity index (χ1n) is 8.98. The second-order valence-corrected chi connectivity index (χ2v) is 6.45. The third-order valence-corrected chi connectivity index (χ3v) is 4.69. The van der Waals surface area contributed by atoms with Crippen molar-refractivity contribution in [2.24, 2.45) is 0 Å². The number of carbonyl (C=O) groups is 1. The molecule has 1 aliphatic rings. The van der Waals surface area contributed by atoms with Gasteiger partial charge in [0.25, 0.3) is 0 Å². The van der Waals surface area contributed by atoms with Crippen molar-refractivity contribution in [1.29, 1.82) is 0 Å². The van der Waals surface area contributed by atoms with Crippen LogP contribution in [0.3, 0.4) is 0 Å². The van der Waals surface area contributed by atoms with Crippen molar-refractivity contribution in [2.45, 2.75) is 59.0 Å². The van der Waals surface area contributed by atoms with Gasteiger partial charge in [0.15, 0.2) is 6.10 Å². The molecule has 1 heterocycles. The van der Waals surface area contributed by atoms with Crippen molar-refractivity contribution in [3.63, 3.8) is 0 Å². The average Bonchev–Trinajstić information content (AvgIpc) is 3.10. The van der Waals surface area contributed by atoms with Crippen LogP contribution in [0.2, 0.25) is 0 Å². The van der Waals surface area contributed by atoms with E-state index < -0.39 is 6.10 Å². The fourth-order valence-electron chi connectivity index (χ4n) is 3.34. The van der Waals surface area contributed by atoms with Gasteiger partial charge in [-0.25, -0.2) is 9.59 Å². The van der Waals surface area contributed by atoms with Gasteiger partial charge < -0.3 is 13.9 Å². The minimum absolute atomic E-state index is 0.255. The van der Waals surface area contributed by atoms with Crippen LogP contribution in [0.1, 0.15) is 49.8 Å². The Morgan fingerprint density at radius 1 is 1.24 bits per heavy atom. The molecular weight excluding hydrogens is 320 g/mol. The van der Waals surface area contributed by atoms with Crippen LogP contribution in [0.25, 0.3) is 11.0 Å². The van der Waals surface area contributed by atoms with Crippen LogP contribution in [0.4, 0.5) is 0 Å². The Morgan fingerprint density at radius 3 is 2.72 bits per heavy atom. The van der Waals surface area contributed by atoms with Crippen LogP contribution in [0.5, 0.6) is 5.75 Å². The predicted octanol–water partition coefficient (Wildman–Crippen LogP) is 3.70. The van der Waals surface area contributed by atoms with Gasteiger partial charge in [-0.3, -0.25) is 0 Å². The smallest absolute Gasteiger partial charge is 0.347 e. The number of esters is 1. The number of aryl methyl sites for hydroxylation is 2. The summed E-state index contributed by atoms with van der Waals surface area (Å²) in [6.45, 7) is 6.06. The van der Waals surface area contributed by atoms with Crippen LogP contribution in [-0.2, 0) is 22.4 Å². The van der Waals surface area contributed by atoms with Gasteiger partial charge in [-0.2, -0.15) is 0 Å². The maximum Gasteiger partial charge on any atom is 0.347 e. The molecule has 3 rings (SSSR count). The van der Waals surface area contributed by atoms with E-state index in [9.17, 15) is 9.59 Å². The zero-order chi connectivity index (χ0) is 18.0. The molecule has 0 fully saturated rings. The van der Waals surface area contributed by atoms with Crippen molar-refractivity contribution < 1.29 is 18.7 Å². The van der Waals surface area contributed by atoms with Crippen LogP contribution in [0, 0.1) is 6.92 Å². The van der Waals surface area contributed by atoms with Crippen LogP contribution in [0.15, 0.2) is 21.3 Å². The third kappa shape index (κ3) is 3.28. The average molecular weight is 344 g/mol. The fourth-order valence-corrected chi connectivity index (χ4v) is 3.34. The summed E-state index contributed by atoms with van der Waals surface area (Å²) >= 11 is 0. The third-order valence-electron chi connectivity index (χ3n) is 4.69. The Balaban J connectivity index is 1.95. The first-order valence-corrected chi connectivity index (χ1v) is 8.98. The molecule has 0 saturated carbocycles. The number of fused-ring (bicyclic) bond motifs is 3. The van der Waals surface area contributed by atoms with Gasteiger partial charge >= 0.3 is 11.6 Å². The van der Waals surface area contributed by atoms with Gasteiger partial charge in [-0.15, -0.1) is 0 Å². The van der Waals surface area contributed by atoms with Crippen molar-refractivity contribution in [3.8, 4) is 5.75 Å². The second kappa shape index (κ2) is 7.30. The van der Waals surface area contributed by atoms with Gasteiger partial charge in [-0.1, -0.05) is 13.8 Å². The summed E-state index contributed by atoms with van der Waals surface area (Å²) in [4.78, 5) is 24.3. The van der Waals surface area contributed by atoms with Gasteiger partial charge in [0.1, 0.15) is 11.3 Å². The van der Waals surface area contributed by atoms with E-state index in [0.717, 1.165) is 47.8 Å². The Bertz CT molecular complexity index is 849. The molecule has 0 spiro atoms. The van der Waals surface area contributed by atoms with E-state index in [-0.39, 0.29) is 11.6 Å². The van der Waals surface area contributed by atoms with Crippen molar-refractivity contribution in [1.82, 2.24) is 0 Å². The summed E-state index contributed by atoms with van der Waals surface area (Å²) < 4.78 is 16.6. The molecule has 5 heteroatoms. The topological polar surface area (TPSA) is 65.7 Å². The van der Waals surface area contributed by atoms with Crippen LogP contribution < -0.4 is 10.4 Å². The second-order valence-electron chi connectivity index (χ2n) is 6.45. The fraction of sp³-hybridized carbons (Fsp3) is 0.500. The first kappa shape index (κ1) is 17.5. The highest BCUT2D eigenvalue weighted by Crippen LogP contribution is 2.33. The van der Waals surface area contributed by atoms with Gasteiger partial charge in [0, 0.05) is 16.5 Å². The standard InChI is InChI=1S/C20H24O5/c1-4-11-23-20(22)16(5-2)24-17-10-9-14-13-7-6-8-15(13)19(21)25-18(14)12(17)3/h9-10,16H,4-8,11H2,1-3H3/t16-/m1/s1. The Morgan fingerprint density at radius 2 is 2.00 bits per heavy atom. The predicted molar refractivity (Wildman–Crippen MR) is 95.2 cm³/mol. The monoisotopic (exact) mass is 344 g/mol. The maximum atomic E-state index is 12.2. The first-order chi connectivity index (χ1) is 12.1. The molecule has 1 aliphatic carbocycles. The van der Waals surface area contributed by atoms with Gasteiger partial charge in [0.2, 0.25) is 0 Å². The quantitative estimate of drug-likeness (QED) is 0.590. The van der Waals surface area contributed by atoms with Gasteiger partial charge in [0.05, 0.1) is 6.61 Å². The minimum atomic E-state index is -0.663. The summed E-state index contributed by atoms with van der Waals surface area (Å²) in [7, 11) is 0. The van der Waals surface area contributed by atoms with Crippen molar-refractivity contribution in [2.75, 3.05) is 6.61 Å². The Kier molecular flexibility index (Phi) is 5.11. The summed E-state index contributed by atoms with van der Waals surface area (Å²) in [6, 6.07) is 3.78. The summed E-state index contributed by atoms with van der Waals surface area (Å²) in [6.07, 6.45) is 3.28. The largest absolute Gasteiger partial charge is 0.478 e. The Hall–Kier alpha value is -2.30. The molecule has 0 radical (unpaired) electrons. The highest BCUT2D eigenvalue weighted by molar-refractivity contribution is 5.86. The normalized spacial score (nSPS) is 14.4. The van der Waals surface area contributed by atoms with E-state index in [1.807, 2.05) is 32.9 Å². The van der Waals surface area contributed by atoms with Gasteiger partial charge in [-0.05, 0) is 56.7 Å². The van der Waals surface area contributed by atoms with Crippen LogP contribution in [-0.4, -0.2) is 18.7 Å². The van der Waals surface area contributed by atoms with E-state index in [2.05, 4.69) is 0 Å². The summed E-state index contributed by atoms with van der Waals surface area (Å²) in [5, 5.41) is 0.971. The summed E-state index contributed by atoms with van der Waals surface area (Å²) in [5.74, 6) is 0.188. The van der Waals surface area contributed by atoms with E-state index in [0.29, 0.717) is 24.4 Å². The maximum absolute atomic E-state index is 12.2. The van der Waals surface area contributed by atoms with E-state index in [1.165, 1.54) is 0 Å². The molecule has 1 atom stereocenters. The van der Waals surface area contributed by atoms with E-state index >= 15 is 0 Å². The molecule has 0 N–H and O–H groups in total. The number of hydrogen-bond donors (Lipinski definition) is 0. The molecule has 0 saturated heterocycles. The zero-order valence-electron chi connectivity index (χ0n) is 15.0. The van der Waals surface area contributed by atoms with Crippen molar-refractivity contribution in [3.05, 3.63) is 39.2 Å². The molecule has 1 aromatic carbocycles. The molecule has 1 aromatic heterocycles. The molecule has 2 aromatic rings. The molecule has 134 valence electrons. The molecular formula is C20H24O5. The lowest BCUT2D eigenvalue weighted by molar-refractivity contribution is -0.152. The molecule has 25 heavy (non-hydrogen) atoms. The lowest BCUT2D eigenvalue weighted by atomic mass is 10.0.